The van der Waals surface area contributed by atoms with E-state index in [-0.39, 0.29) is 11.8 Å². The summed E-state index contributed by atoms with van der Waals surface area (Å²) >= 11 is 0. The minimum Gasteiger partial charge on any atom is -0.356 e. The van der Waals surface area contributed by atoms with Crippen molar-refractivity contribution < 1.29 is 9.59 Å². The van der Waals surface area contributed by atoms with Gasteiger partial charge < -0.3 is 16.0 Å². The number of piperidine rings is 1. The Kier molecular flexibility index (Phi) is 7.41. The number of carbonyl (C=O) groups is 2. The number of rotatable bonds is 7. The zero-order valence-corrected chi connectivity index (χ0v) is 11.3. The molecular weight excluding hydrogens is 230 g/mol. The van der Waals surface area contributed by atoms with E-state index in [2.05, 4.69) is 16.0 Å². The number of hydrogen-bond donors (Lipinski definition) is 3. The van der Waals surface area contributed by atoms with E-state index in [1.54, 1.807) is 0 Å². The quantitative estimate of drug-likeness (QED) is 0.622. The number of carbonyl (C=O) groups excluding carboxylic acids is 2. The predicted octanol–water partition coefficient (Wildman–Crippen LogP) is 0.551. The largest absolute Gasteiger partial charge is 0.356 e. The van der Waals surface area contributed by atoms with E-state index < -0.39 is 0 Å². The molecule has 1 aliphatic rings. The van der Waals surface area contributed by atoms with Gasteiger partial charge in [0.25, 0.3) is 0 Å². The third-order valence-corrected chi connectivity index (χ3v) is 3.18. The van der Waals surface area contributed by atoms with E-state index >= 15 is 0 Å². The van der Waals surface area contributed by atoms with Crippen molar-refractivity contribution in [2.45, 2.75) is 51.5 Å². The SMILES string of the molecule is CCNC(=O)CCNC(=O)CCC1CCCCN1. The fraction of sp³-hybridized carbons (Fsp3) is 0.846. The third-order valence-electron chi connectivity index (χ3n) is 3.18. The van der Waals surface area contributed by atoms with Crippen LogP contribution in [-0.2, 0) is 9.59 Å². The Morgan fingerprint density at radius 3 is 2.61 bits per heavy atom. The minimum atomic E-state index is -0.00764. The Morgan fingerprint density at radius 1 is 1.17 bits per heavy atom. The van der Waals surface area contributed by atoms with Crippen LogP contribution in [0.4, 0.5) is 0 Å². The van der Waals surface area contributed by atoms with Gasteiger partial charge in [-0.15, -0.1) is 0 Å². The topological polar surface area (TPSA) is 70.2 Å². The first-order valence-electron chi connectivity index (χ1n) is 6.99. The lowest BCUT2D eigenvalue weighted by Crippen LogP contribution is -2.36. The van der Waals surface area contributed by atoms with Crippen LogP contribution in [0, 0.1) is 0 Å². The molecule has 0 radical (unpaired) electrons. The smallest absolute Gasteiger partial charge is 0.221 e. The molecule has 0 aromatic carbocycles. The lowest BCUT2D eigenvalue weighted by Gasteiger charge is -2.23. The maximum atomic E-state index is 11.6. The molecule has 0 bridgehead atoms. The van der Waals surface area contributed by atoms with Crippen molar-refractivity contribution in [3.8, 4) is 0 Å². The summed E-state index contributed by atoms with van der Waals surface area (Å²) in [5.74, 6) is 0.0402. The van der Waals surface area contributed by atoms with Crippen molar-refractivity contribution in [3.05, 3.63) is 0 Å². The van der Waals surface area contributed by atoms with Crippen LogP contribution in [0.3, 0.4) is 0 Å². The second-order valence-electron chi connectivity index (χ2n) is 4.74. The molecule has 18 heavy (non-hydrogen) atoms. The highest BCUT2D eigenvalue weighted by molar-refractivity contribution is 5.78. The van der Waals surface area contributed by atoms with Crippen molar-refractivity contribution in [2.75, 3.05) is 19.6 Å². The van der Waals surface area contributed by atoms with Gasteiger partial charge in [0.1, 0.15) is 0 Å². The molecule has 1 atom stereocenters. The number of amides is 2. The maximum Gasteiger partial charge on any atom is 0.221 e. The highest BCUT2D eigenvalue weighted by atomic mass is 16.2. The fourth-order valence-electron chi connectivity index (χ4n) is 2.17. The average Bonchev–Trinajstić information content (AvgIpc) is 2.38. The molecule has 3 N–H and O–H groups in total. The van der Waals surface area contributed by atoms with Gasteiger partial charge in [-0.25, -0.2) is 0 Å². The molecule has 104 valence electrons. The molecule has 5 heteroatoms. The molecule has 0 aromatic rings. The van der Waals surface area contributed by atoms with Crippen LogP contribution in [-0.4, -0.2) is 37.5 Å². The monoisotopic (exact) mass is 255 g/mol. The second-order valence-corrected chi connectivity index (χ2v) is 4.74. The molecule has 1 saturated heterocycles. The van der Waals surface area contributed by atoms with Crippen LogP contribution in [0.2, 0.25) is 0 Å². The molecule has 1 heterocycles. The zero-order valence-electron chi connectivity index (χ0n) is 11.3. The summed E-state index contributed by atoms with van der Waals surface area (Å²) in [6.45, 7) is 4.03. The van der Waals surface area contributed by atoms with E-state index in [1.807, 2.05) is 6.92 Å². The standard InChI is InChI=1S/C13H25N3O2/c1-2-14-13(18)8-10-16-12(17)7-6-11-5-3-4-9-15-11/h11,15H,2-10H2,1H3,(H,14,18)(H,16,17). The molecule has 1 aliphatic heterocycles. The van der Waals surface area contributed by atoms with Crippen LogP contribution in [0.5, 0.6) is 0 Å². The molecule has 1 fully saturated rings. The Bertz CT molecular complexity index is 263. The lowest BCUT2D eigenvalue weighted by atomic mass is 10.0. The molecule has 0 saturated carbocycles. The summed E-state index contributed by atoms with van der Waals surface area (Å²) in [7, 11) is 0. The van der Waals surface area contributed by atoms with Gasteiger partial charge in [-0.2, -0.15) is 0 Å². The third kappa shape index (κ3) is 6.59. The molecular formula is C13H25N3O2. The van der Waals surface area contributed by atoms with Gasteiger partial charge in [0.05, 0.1) is 0 Å². The number of nitrogens with one attached hydrogen (secondary N) is 3. The fourth-order valence-corrected chi connectivity index (χ4v) is 2.17. The van der Waals surface area contributed by atoms with Crippen LogP contribution >= 0.6 is 0 Å². The molecule has 0 spiro atoms. The second kappa shape index (κ2) is 8.91. The van der Waals surface area contributed by atoms with Crippen molar-refractivity contribution in [1.82, 2.24) is 16.0 Å². The van der Waals surface area contributed by atoms with Gasteiger partial charge in [0.2, 0.25) is 11.8 Å². The van der Waals surface area contributed by atoms with E-state index in [9.17, 15) is 9.59 Å². The summed E-state index contributed by atoms with van der Waals surface area (Å²) in [5, 5.41) is 8.91. The maximum absolute atomic E-state index is 11.6. The summed E-state index contributed by atoms with van der Waals surface area (Å²) in [4.78, 5) is 22.7. The molecule has 0 aliphatic carbocycles. The van der Waals surface area contributed by atoms with E-state index in [0.717, 1.165) is 13.0 Å². The van der Waals surface area contributed by atoms with Gasteiger partial charge in [-0.3, -0.25) is 9.59 Å². The van der Waals surface area contributed by atoms with Gasteiger partial charge >= 0.3 is 0 Å². The first-order chi connectivity index (χ1) is 8.72. The lowest BCUT2D eigenvalue weighted by molar-refractivity contribution is -0.122. The van der Waals surface area contributed by atoms with E-state index in [0.29, 0.717) is 32.0 Å². The number of hydrogen-bond acceptors (Lipinski definition) is 3. The highest BCUT2D eigenvalue weighted by Crippen LogP contribution is 2.11. The molecule has 0 aromatic heterocycles. The van der Waals surface area contributed by atoms with Crippen molar-refractivity contribution in [2.24, 2.45) is 0 Å². The first-order valence-corrected chi connectivity index (χ1v) is 6.99. The normalized spacial score (nSPS) is 19.3. The van der Waals surface area contributed by atoms with Crippen LogP contribution in [0.15, 0.2) is 0 Å². The first kappa shape index (κ1) is 15.0. The van der Waals surface area contributed by atoms with Crippen molar-refractivity contribution in [3.63, 3.8) is 0 Å². The summed E-state index contributed by atoms with van der Waals surface area (Å²) in [6.07, 6.45) is 5.49. The Balaban J connectivity index is 2.01. The van der Waals surface area contributed by atoms with Crippen LogP contribution < -0.4 is 16.0 Å². The highest BCUT2D eigenvalue weighted by Gasteiger charge is 2.13. The summed E-state index contributed by atoms with van der Waals surface area (Å²) < 4.78 is 0. The van der Waals surface area contributed by atoms with Gasteiger partial charge in [-0.1, -0.05) is 6.42 Å². The van der Waals surface area contributed by atoms with E-state index in [1.165, 1.54) is 19.3 Å². The predicted molar refractivity (Wildman–Crippen MR) is 71.2 cm³/mol. The molecule has 1 rings (SSSR count). The Morgan fingerprint density at radius 2 is 1.94 bits per heavy atom. The zero-order chi connectivity index (χ0) is 13.2. The Hall–Kier alpha value is -1.10. The van der Waals surface area contributed by atoms with Crippen molar-refractivity contribution in [1.29, 1.82) is 0 Å². The van der Waals surface area contributed by atoms with Gasteiger partial charge in [-0.05, 0) is 32.7 Å². The molecule has 5 nitrogen and oxygen atoms in total. The van der Waals surface area contributed by atoms with Crippen LogP contribution in [0.25, 0.3) is 0 Å². The molecule has 1 unspecified atom stereocenters. The van der Waals surface area contributed by atoms with Gasteiger partial charge in [0.15, 0.2) is 0 Å². The average molecular weight is 255 g/mol. The summed E-state index contributed by atoms with van der Waals surface area (Å²) in [5.41, 5.74) is 0. The summed E-state index contributed by atoms with van der Waals surface area (Å²) in [6, 6.07) is 0.493. The molecule has 2 amide bonds. The van der Waals surface area contributed by atoms with Gasteiger partial charge in [0, 0.05) is 32.0 Å². The Labute approximate surface area is 109 Å². The minimum absolute atomic E-state index is 0.00764. The van der Waals surface area contributed by atoms with E-state index in [4.69, 9.17) is 0 Å². The van der Waals surface area contributed by atoms with Crippen LogP contribution in [0.1, 0.15) is 45.4 Å². The van der Waals surface area contributed by atoms with Crippen molar-refractivity contribution >= 4 is 11.8 Å².